The molecular weight excluding hydrogens is 186 g/mol. The molecule has 0 bridgehead atoms. The Morgan fingerprint density at radius 3 is 3.00 bits per heavy atom. The van der Waals surface area contributed by atoms with Crippen LogP contribution in [0.1, 0.15) is 34.3 Å². The van der Waals surface area contributed by atoms with Crippen LogP contribution in [0.25, 0.3) is 0 Å². The lowest BCUT2D eigenvalue weighted by atomic mass is 10.1. The summed E-state index contributed by atoms with van der Waals surface area (Å²) in [7, 11) is 0. The molecule has 0 unspecified atom stereocenters. The molecule has 0 heterocycles. The molecule has 0 amide bonds. The molecule has 0 saturated carbocycles. The standard InChI is InChI=1S/C13H13NO/c14-8-2-1-3-10-4-6-12-11(9-10)5-7-13(12)15/h4,6,9H,2,5,7-8,14H2. The largest absolute Gasteiger partial charge is 0.330 e. The molecule has 1 aromatic carbocycles. The topological polar surface area (TPSA) is 43.1 Å². The van der Waals surface area contributed by atoms with Crippen LogP contribution in [0.2, 0.25) is 0 Å². The minimum Gasteiger partial charge on any atom is -0.330 e. The van der Waals surface area contributed by atoms with Crippen molar-refractivity contribution >= 4 is 5.78 Å². The van der Waals surface area contributed by atoms with Crippen molar-refractivity contribution in [1.29, 1.82) is 0 Å². The molecule has 0 aliphatic heterocycles. The molecule has 1 aliphatic rings. The summed E-state index contributed by atoms with van der Waals surface area (Å²) >= 11 is 0. The van der Waals surface area contributed by atoms with Crippen molar-refractivity contribution in [2.45, 2.75) is 19.3 Å². The second-order valence-corrected chi connectivity index (χ2v) is 3.64. The Morgan fingerprint density at radius 2 is 2.20 bits per heavy atom. The highest BCUT2D eigenvalue weighted by Crippen LogP contribution is 2.22. The molecule has 0 fully saturated rings. The zero-order chi connectivity index (χ0) is 10.7. The highest BCUT2D eigenvalue weighted by Gasteiger charge is 2.18. The second-order valence-electron chi connectivity index (χ2n) is 3.64. The van der Waals surface area contributed by atoms with E-state index in [9.17, 15) is 4.79 Å². The number of hydrogen-bond donors (Lipinski definition) is 1. The van der Waals surface area contributed by atoms with Gasteiger partial charge in [-0.25, -0.2) is 0 Å². The van der Waals surface area contributed by atoms with Gasteiger partial charge in [0, 0.05) is 30.5 Å². The Balaban J connectivity index is 2.24. The lowest BCUT2D eigenvalue weighted by Crippen LogP contribution is -1.95. The van der Waals surface area contributed by atoms with Crippen molar-refractivity contribution < 1.29 is 4.79 Å². The van der Waals surface area contributed by atoms with Crippen molar-refractivity contribution in [2.24, 2.45) is 5.73 Å². The van der Waals surface area contributed by atoms with Gasteiger partial charge in [-0.2, -0.15) is 0 Å². The number of fused-ring (bicyclic) bond motifs is 1. The summed E-state index contributed by atoms with van der Waals surface area (Å²) in [5.74, 6) is 6.30. The Labute approximate surface area is 89.5 Å². The number of aryl methyl sites for hydroxylation is 1. The summed E-state index contributed by atoms with van der Waals surface area (Å²) < 4.78 is 0. The summed E-state index contributed by atoms with van der Waals surface area (Å²) in [5, 5.41) is 0. The first-order valence-corrected chi connectivity index (χ1v) is 5.16. The lowest BCUT2D eigenvalue weighted by molar-refractivity contribution is 0.0994. The van der Waals surface area contributed by atoms with E-state index in [1.807, 2.05) is 18.2 Å². The molecule has 0 radical (unpaired) electrons. The summed E-state index contributed by atoms with van der Waals surface area (Å²) in [4.78, 5) is 11.4. The van der Waals surface area contributed by atoms with E-state index in [0.717, 1.165) is 29.5 Å². The predicted molar refractivity (Wildman–Crippen MR) is 59.6 cm³/mol. The first kappa shape index (κ1) is 9.95. The zero-order valence-electron chi connectivity index (χ0n) is 8.55. The van der Waals surface area contributed by atoms with Crippen LogP contribution in [0.4, 0.5) is 0 Å². The molecular formula is C13H13NO. The van der Waals surface area contributed by atoms with Gasteiger partial charge in [0.15, 0.2) is 5.78 Å². The molecule has 2 N–H and O–H groups in total. The van der Waals surface area contributed by atoms with Crippen LogP contribution in [0.5, 0.6) is 0 Å². The molecule has 1 aromatic rings. The molecule has 2 nitrogen and oxygen atoms in total. The fourth-order valence-electron chi connectivity index (χ4n) is 1.77. The van der Waals surface area contributed by atoms with Gasteiger partial charge >= 0.3 is 0 Å². The van der Waals surface area contributed by atoms with Crippen LogP contribution < -0.4 is 5.73 Å². The van der Waals surface area contributed by atoms with Gasteiger partial charge in [0.25, 0.3) is 0 Å². The van der Waals surface area contributed by atoms with Gasteiger partial charge in [0.2, 0.25) is 0 Å². The molecule has 15 heavy (non-hydrogen) atoms. The van der Waals surface area contributed by atoms with Crippen LogP contribution in [-0.2, 0) is 6.42 Å². The maximum atomic E-state index is 11.4. The van der Waals surface area contributed by atoms with Crippen molar-refractivity contribution in [2.75, 3.05) is 6.54 Å². The maximum Gasteiger partial charge on any atom is 0.163 e. The van der Waals surface area contributed by atoms with Crippen molar-refractivity contribution in [3.63, 3.8) is 0 Å². The monoisotopic (exact) mass is 199 g/mol. The molecule has 1 aliphatic carbocycles. The fourth-order valence-corrected chi connectivity index (χ4v) is 1.77. The van der Waals surface area contributed by atoms with Crippen LogP contribution >= 0.6 is 0 Å². The normalized spacial score (nSPS) is 13.3. The molecule has 76 valence electrons. The van der Waals surface area contributed by atoms with Gasteiger partial charge in [-0.05, 0) is 30.2 Å². The fraction of sp³-hybridized carbons (Fsp3) is 0.308. The molecule has 0 spiro atoms. The van der Waals surface area contributed by atoms with Crippen molar-refractivity contribution in [1.82, 2.24) is 0 Å². The highest BCUT2D eigenvalue weighted by atomic mass is 16.1. The number of carbonyl (C=O) groups is 1. The van der Waals surface area contributed by atoms with E-state index in [2.05, 4.69) is 11.8 Å². The minimum atomic E-state index is 0.256. The number of benzene rings is 1. The number of carbonyl (C=O) groups excluding carboxylic acids is 1. The van der Waals surface area contributed by atoms with Gasteiger partial charge < -0.3 is 5.73 Å². The third kappa shape index (κ3) is 2.08. The second kappa shape index (κ2) is 4.29. The average molecular weight is 199 g/mol. The predicted octanol–water partition coefficient (Wildman–Crippen LogP) is 1.52. The summed E-state index contributed by atoms with van der Waals surface area (Å²) in [6.45, 7) is 0.594. The average Bonchev–Trinajstić information content (AvgIpc) is 2.61. The number of nitrogens with two attached hydrogens (primary N) is 1. The van der Waals surface area contributed by atoms with E-state index >= 15 is 0 Å². The molecule has 0 saturated heterocycles. The number of Topliss-reactive ketones (excluding diaryl/α,β-unsaturated/α-hetero) is 1. The van der Waals surface area contributed by atoms with Gasteiger partial charge in [0.05, 0.1) is 0 Å². The summed E-state index contributed by atoms with van der Waals surface area (Å²) in [5.41, 5.74) is 8.35. The number of rotatable bonds is 1. The summed E-state index contributed by atoms with van der Waals surface area (Å²) in [6.07, 6.45) is 2.23. The smallest absolute Gasteiger partial charge is 0.163 e. The van der Waals surface area contributed by atoms with Crippen LogP contribution in [0.15, 0.2) is 18.2 Å². The number of hydrogen-bond acceptors (Lipinski definition) is 2. The van der Waals surface area contributed by atoms with E-state index in [4.69, 9.17) is 5.73 Å². The van der Waals surface area contributed by atoms with Crippen molar-refractivity contribution in [3.8, 4) is 11.8 Å². The van der Waals surface area contributed by atoms with Gasteiger partial charge in [-0.3, -0.25) is 4.79 Å². The molecule has 0 aromatic heterocycles. The van der Waals surface area contributed by atoms with E-state index in [1.54, 1.807) is 0 Å². The Bertz CT molecular complexity index is 451. The van der Waals surface area contributed by atoms with Crippen LogP contribution in [0, 0.1) is 11.8 Å². The van der Waals surface area contributed by atoms with Gasteiger partial charge in [-0.15, -0.1) is 0 Å². The van der Waals surface area contributed by atoms with Gasteiger partial charge in [-0.1, -0.05) is 11.8 Å². The summed E-state index contributed by atoms with van der Waals surface area (Å²) in [6, 6.07) is 5.81. The van der Waals surface area contributed by atoms with E-state index in [1.165, 1.54) is 0 Å². The highest BCUT2D eigenvalue weighted by molar-refractivity contribution is 6.00. The van der Waals surface area contributed by atoms with Crippen LogP contribution in [-0.4, -0.2) is 12.3 Å². The van der Waals surface area contributed by atoms with Gasteiger partial charge in [0.1, 0.15) is 0 Å². The van der Waals surface area contributed by atoms with Crippen molar-refractivity contribution in [3.05, 3.63) is 34.9 Å². The molecule has 2 rings (SSSR count). The quantitative estimate of drug-likeness (QED) is 0.697. The molecule has 2 heteroatoms. The number of ketones is 1. The van der Waals surface area contributed by atoms with Crippen LogP contribution in [0.3, 0.4) is 0 Å². The first-order valence-electron chi connectivity index (χ1n) is 5.16. The van der Waals surface area contributed by atoms with E-state index in [-0.39, 0.29) is 5.78 Å². The Hall–Kier alpha value is -1.59. The lowest BCUT2D eigenvalue weighted by Gasteiger charge is -1.97. The van der Waals surface area contributed by atoms with E-state index < -0.39 is 0 Å². The Morgan fingerprint density at radius 1 is 1.33 bits per heavy atom. The first-order chi connectivity index (χ1) is 7.31. The third-order valence-electron chi connectivity index (χ3n) is 2.53. The maximum absolute atomic E-state index is 11.4. The zero-order valence-corrected chi connectivity index (χ0v) is 8.55. The minimum absolute atomic E-state index is 0.256. The SMILES string of the molecule is NCCC#Cc1ccc2c(c1)CCC2=O. The molecule has 0 atom stereocenters. The third-order valence-corrected chi connectivity index (χ3v) is 2.53. The van der Waals surface area contributed by atoms with E-state index in [0.29, 0.717) is 13.0 Å². The Kier molecular flexibility index (Phi) is 2.84.